The zero-order valence-corrected chi connectivity index (χ0v) is 24.7. The molecule has 4 aromatic rings. The minimum Gasteiger partial charge on any atom is -0.406 e. The number of alkyl halides is 3. The Morgan fingerprint density at radius 3 is 2.55 bits per heavy atom. The van der Waals surface area contributed by atoms with Crippen LogP contribution in [-0.2, 0) is 0 Å². The number of urea groups is 1. The van der Waals surface area contributed by atoms with Gasteiger partial charge in [0.05, 0.1) is 11.9 Å². The number of ether oxygens (including phenoxy) is 1. The number of aliphatic hydroxyl groups excluding tert-OH is 1. The second-order valence-corrected chi connectivity index (χ2v) is 11.1. The Labute approximate surface area is 255 Å². The van der Waals surface area contributed by atoms with E-state index in [1.165, 1.54) is 53.3 Å². The molecule has 1 aliphatic heterocycles. The molecule has 0 bridgehead atoms. The third-order valence-corrected chi connectivity index (χ3v) is 7.51. The number of benzene rings is 3. The average Bonchev–Trinajstić information content (AvgIpc) is 3.60. The van der Waals surface area contributed by atoms with Crippen molar-refractivity contribution in [3.63, 3.8) is 0 Å². The number of carbonyl (C=O) groups is 1. The van der Waals surface area contributed by atoms with Crippen LogP contribution in [0.3, 0.4) is 0 Å². The van der Waals surface area contributed by atoms with Crippen molar-refractivity contribution >= 4 is 34.9 Å². The van der Waals surface area contributed by atoms with E-state index in [4.69, 9.17) is 0 Å². The van der Waals surface area contributed by atoms with Gasteiger partial charge in [0.2, 0.25) is 0 Å². The van der Waals surface area contributed by atoms with Crippen molar-refractivity contribution < 1.29 is 27.8 Å². The van der Waals surface area contributed by atoms with Gasteiger partial charge in [-0.3, -0.25) is 4.90 Å². The van der Waals surface area contributed by atoms with Crippen molar-refractivity contribution in [1.82, 2.24) is 20.2 Å². The van der Waals surface area contributed by atoms with Crippen molar-refractivity contribution in [2.24, 2.45) is 10.1 Å². The third-order valence-electron chi connectivity index (χ3n) is 6.50. The lowest BCUT2D eigenvalue weighted by Gasteiger charge is -2.26. The molecule has 1 aromatic heterocycles. The summed E-state index contributed by atoms with van der Waals surface area (Å²) in [6, 6.07) is 17.7. The maximum atomic E-state index is 12.6. The van der Waals surface area contributed by atoms with Crippen molar-refractivity contribution in [2.45, 2.75) is 39.3 Å². The number of hydrogen-bond acceptors (Lipinski definition) is 7. The van der Waals surface area contributed by atoms with Crippen LogP contribution in [0.25, 0.3) is 17.1 Å². The monoisotopic (exact) mass is 623 g/mol. The Morgan fingerprint density at radius 1 is 1.14 bits per heavy atom. The summed E-state index contributed by atoms with van der Waals surface area (Å²) in [4.78, 5) is 22.7. The van der Waals surface area contributed by atoms with Crippen LogP contribution in [0.5, 0.6) is 5.75 Å². The molecule has 1 atom stereocenters. The van der Waals surface area contributed by atoms with Gasteiger partial charge in [0.1, 0.15) is 18.3 Å². The topological polar surface area (TPSA) is 117 Å². The van der Waals surface area contributed by atoms with Crippen molar-refractivity contribution in [2.75, 3.05) is 10.7 Å². The number of nitrogens with zero attached hydrogens (tertiary/aromatic N) is 6. The summed E-state index contributed by atoms with van der Waals surface area (Å²) in [5.74, 6) is 0.665. The molecule has 0 spiro atoms. The molecule has 228 valence electrons. The summed E-state index contributed by atoms with van der Waals surface area (Å²) in [6.07, 6.45) is -2.66. The molecule has 0 aliphatic carbocycles. The van der Waals surface area contributed by atoms with Gasteiger partial charge in [-0.05, 0) is 59.9 Å². The summed E-state index contributed by atoms with van der Waals surface area (Å²) in [5.41, 5.74) is 7.19. The van der Waals surface area contributed by atoms with Gasteiger partial charge in [-0.25, -0.2) is 19.9 Å². The van der Waals surface area contributed by atoms with Crippen LogP contribution >= 0.6 is 11.8 Å². The van der Waals surface area contributed by atoms with Gasteiger partial charge in [-0.2, -0.15) is 10.1 Å². The molecule has 5 rings (SSSR count). The number of rotatable bonds is 7. The normalized spacial score (nSPS) is 16.3. The van der Waals surface area contributed by atoms with Crippen LogP contribution in [0.4, 0.5) is 23.7 Å². The number of aliphatic imine (C=N–C) groups is 1. The van der Waals surface area contributed by atoms with Crippen LogP contribution in [0, 0.1) is 6.92 Å². The van der Waals surface area contributed by atoms with Crippen LogP contribution in [0.15, 0.2) is 83.2 Å². The van der Waals surface area contributed by atoms with Crippen LogP contribution in [0.1, 0.15) is 36.5 Å². The number of amides is 2. The first kappa shape index (κ1) is 30.8. The number of thioether (sulfide) groups is 1. The highest BCUT2D eigenvalue weighted by atomic mass is 32.2. The summed E-state index contributed by atoms with van der Waals surface area (Å²) < 4.78 is 42.5. The number of halogens is 3. The molecule has 1 fully saturated rings. The van der Waals surface area contributed by atoms with Crippen molar-refractivity contribution in [3.8, 4) is 22.8 Å². The van der Waals surface area contributed by atoms with Gasteiger partial charge < -0.3 is 9.84 Å². The predicted octanol–water partition coefficient (Wildman–Crippen LogP) is 6.24. The lowest BCUT2D eigenvalue weighted by atomic mass is 9.98. The maximum Gasteiger partial charge on any atom is 0.573 e. The highest BCUT2D eigenvalue weighted by Crippen LogP contribution is 2.35. The Balaban J connectivity index is 1.21. The molecule has 0 radical (unpaired) electrons. The number of hydrazone groups is 1. The van der Waals surface area contributed by atoms with Crippen LogP contribution in [0.2, 0.25) is 0 Å². The molecule has 14 heteroatoms. The van der Waals surface area contributed by atoms with E-state index >= 15 is 0 Å². The van der Waals surface area contributed by atoms with Crippen LogP contribution in [-0.4, -0.2) is 55.6 Å². The fraction of sp³-hybridized carbons (Fsp3) is 0.233. The number of aryl methyl sites for hydroxylation is 1. The molecular formula is C30H28F3N7O3S. The van der Waals surface area contributed by atoms with E-state index in [-0.39, 0.29) is 11.7 Å². The standard InChI is InChI=1S/C30H28F3N7O3S/c1-18(2)24-13-4-19(3)14-25(24)40-26(41)16-44-29(40)36-28(42)37-35-15-20-5-7-21(8-6-20)27-34-17-39(38-27)22-9-11-23(12-10-22)43-30(31,32)33/h4-15,17-18,26,41H,16H2,1-3H3,(H,37,42)/b35-15+,36-29?. The molecule has 2 amide bonds. The van der Waals surface area contributed by atoms with Crippen LogP contribution < -0.4 is 15.1 Å². The van der Waals surface area contributed by atoms with E-state index in [0.29, 0.717) is 33.6 Å². The summed E-state index contributed by atoms with van der Waals surface area (Å²) >= 11 is 1.29. The molecule has 2 heterocycles. The molecule has 2 N–H and O–H groups in total. The molecule has 1 unspecified atom stereocenters. The average molecular weight is 624 g/mol. The third kappa shape index (κ3) is 7.44. The van der Waals surface area contributed by atoms with Gasteiger partial charge in [-0.1, -0.05) is 62.0 Å². The molecular weight excluding hydrogens is 595 g/mol. The SMILES string of the molecule is Cc1ccc(C(C)C)c(N2C(=NC(=O)N/N=C/c3ccc(-c4ncn(-c5ccc(OC(F)(F)F)cc5)n4)cc3)SCC2O)c1. The van der Waals surface area contributed by atoms with E-state index < -0.39 is 18.6 Å². The first-order valence-electron chi connectivity index (χ1n) is 13.5. The van der Waals surface area contributed by atoms with Gasteiger partial charge in [-0.15, -0.1) is 18.3 Å². The van der Waals surface area contributed by atoms with Crippen molar-refractivity contribution in [3.05, 3.63) is 89.7 Å². The van der Waals surface area contributed by atoms with E-state index in [0.717, 1.165) is 16.8 Å². The predicted molar refractivity (Wildman–Crippen MR) is 163 cm³/mol. The van der Waals surface area contributed by atoms with Crippen molar-refractivity contribution in [1.29, 1.82) is 0 Å². The molecule has 44 heavy (non-hydrogen) atoms. The smallest absolute Gasteiger partial charge is 0.406 e. The van der Waals surface area contributed by atoms with Gasteiger partial charge in [0.15, 0.2) is 11.0 Å². The van der Waals surface area contributed by atoms with E-state index in [2.05, 4.69) is 44.2 Å². The largest absolute Gasteiger partial charge is 0.573 e. The Bertz CT molecular complexity index is 1690. The molecule has 10 nitrogen and oxygen atoms in total. The van der Waals surface area contributed by atoms with E-state index in [9.17, 15) is 23.1 Å². The quantitative estimate of drug-likeness (QED) is 0.185. The minimum atomic E-state index is -4.76. The summed E-state index contributed by atoms with van der Waals surface area (Å²) in [7, 11) is 0. The van der Waals surface area contributed by atoms with Gasteiger partial charge in [0, 0.05) is 17.0 Å². The zero-order valence-electron chi connectivity index (χ0n) is 23.9. The molecule has 1 saturated heterocycles. The minimum absolute atomic E-state index is 0.212. The zero-order chi connectivity index (χ0) is 31.4. The first-order chi connectivity index (χ1) is 21.0. The second kappa shape index (κ2) is 12.9. The molecule has 1 aliphatic rings. The number of aromatic nitrogens is 3. The fourth-order valence-electron chi connectivity index (χ4n) is 4.43. The van der Waals surface area contributed by atoms with E-state index in [1.807, 2.05) is 25.1 Å². The lowest BCUT2D eigenvalue weighted by molar-refractivity contribution is -0.274. The van der Waals surface area contributed by atoms with Gasteiger partial charge >= 0.3 is 12.4 Å². The fourth-order valence-corrected chi connectivity index (χ4v) is 5.39. The lowest BCUT2D eigenvalue weighted by Crippen LogP contribution is -2.35. The van der Waals surface area contributed by atoms with E-state index in [1.54, 1.807) is 29.2 Å². The number of carbonyl (C=O) groups excluding carboxylic acids is 1. The summed E-state index contributed by atoms with van der Waals surface area (Å²) in [6.45, 7) is 6.11. The Kier molecular flexibility index (Phi) is 9.01. The highest BCUT2D eigenvalue weighted by molar-refractivity contribution is 8.14. The summed E-state index contributed by atoms with van der Waals surface area (Å²) in [5, 5.41) is 19.4. The Morgan fingerprint density at radius 2 is 1.86 bits per heavy atom. The Hall–Kier alpha value is -4.69. The second-order valence-electron chi connectivity index (χ2n) is 10.1. The number of amidine groups is 1. The number of nitrogens with one attached hydrogen (secondary N) is 1. The first-order valence-corrected chi connectivity index (χ1v) is 14.5. The number of anilines is 1. The highest BCUT2D eigenvalue weighted by Gasteiger charge is 2.33. The number of hydrogen-bond donors (Lipinski definition) is 2. The molecule has 3 aromatic carbocycles. The number of aliphatic hydroxyl groups is 1. The van der Waals surface area contributed by atoms with Gasteiger partial charge in [0.25, 0.3) is 0 Å². The maximum absolute atomic E-state index is 12.6. The molecule has 0 saturated carbocycles.